The van der Waals surface area contributed by atoms with E-state index in [-0.39, 0.29) is 4.90 Å². The first-order valence-electron chi connectivity index (χ1n) is 6.59. The molecule has 1 aromatic carbocycles. The molecule has 2 rings (SSSR count). The lowest BCUT2D eigenvalue weighted by molar-refractivity contribution is 0.584. The molecule has 0 aliphatic heterocycles. The molecular formula is C14H17ClN2O2S2. The first-order chi connectivity index (χ1) is 10.0. The Bertz CT molecular complexity index is 681. The Hall–Kier alpha value is -1.08. The van der Waals surface area contributed by atoms with Crippen LogP contribution in [0.4, 0.5) is 5.69 Å². The van der Waals surface area contributed by atoms with E-state index >= 15 is 0 Å². The quantitative estimate of drug-likeness (QED) is 0.809. The second-order valence-corrected chi connectivity index (χ2v) is 7.97. The minimum atomic E-state index is -3.38. The molecule has 0 atom stereocenters. The first-order valence-corrected chi connectivity index (χ1v) is 9.27. The molecule has 114 valence electrons. The molecule has 0 saturated carbocycles. The molecule has 1 heterocycles. The third kappa shape index (κ3) is 4.71. The lowest BCUT2D eigenvalue weighted by Gasteiger charge is -2.08. The van der Waals surface area contributed by atoms with Crippen LogP contribution in [0.15, 0.2) is 41.3 Å². The second kappa shape index (κ2) is 7.26. The first kappa shape index (κ1) is 16.3. The number of hydrogen-bond donors (Lipinski definition) is 2. The molecule has 0 aliphatic carbocycles. The largest absolute Gasteiger partial charge is 0.385 e. The van der Waals surface area contributed by atoms with Gasteiger partial charge in [0.05, 0.1) is 9.23 Å². The Labute approximate surface area is 134 Å². The van der Waals surface area contributed by atoms with Crippen LogP contribution in [-0.4, -0.2) is 21.5 Å². The minimum absolute atomic E-state index is 0.278. The van der Waals surface area contributed by atoms with E-state index in [2.05, 4.69) is 10.0 Å². The summed E-state index contributed by atoms with van der Waals surface area (Å²) in [6.45, 7) is 2.91. The van der Waals surface area contributed by atoms with Crippen LogP contribution in [0.2, 0.25) is 4.34 Å². The molecule has 4 nitrogen and oxygen atoms in total. The number of halogens is 1. The van der Waals surface area contributed by atoms with Gasteiger partial charge in [-0.1, -0.05) is 18.5 Å². The van der Waals surface area contributed by atoms with Crippen molar-refractivity contribution in [2.24, 2.45) is 0 Å². The molecular weight excluding hydrogens is 328 g/mol. The highest BCUT2D eigenvalue weighted by atomic mass is 35.5. The summed E-state index contributed by atoms with van der Waals surface area (Å²) in [4.78, 5) is 1.50. The van der Waals surface area contributed by atoms with Crippen LogP contribution < -0.4 is 10.0 Å². The van der Waals surface area contributed by atoms with E-state index in [4.69, 9.17) is 11.6 Å². The molecule has 0 amide bonds. The van der Waals surface area contributed by atoms with E-state index in [9.17, 15) is 8.42 Å². The molecule has 7 heteroatoms. The molecule has 0 saturated heterocycles. The second-order valence-electron chi connectivity index (χ2n) is 4.41. The fourth-order valence-electron chi connectivity index (χ4n) is 1.84. The third-order valence-electron chi connectivity index (χ3n) is 2.83. The molecule has 2 N–H and O–H groups in total. The Morgan fingerprint density at radius 1 is 1.14 bits per heavy atom. The lowest BCUT2D eigenvalue weighted by atomic mass is 10.3. The van der Waals surface area contributed by atoms with Gasteiger partial charge in [0.15, 0.2) is 0 Å². The Balaban J connectivity index is 1.90. The zero-order valence-electron chi connectivity index (χ0n) is 11.6. The SMILES string of the molecule is CCNS(=O)(=O)c1ccc(NCCc2ccc(Cl)s2)cc1. The summed E-state index contributed by atoms with van der Waals surface area (Å²) in [6.07, 6.45) is 0.884. The van der Waals surface area contributed by atoms with Crippen LogP contribution in [0.5, 0.6) is 0 Å². The van der Waals surface area contributed by atoms with Crippen molar-refractivity contribution in [1.29, 1.82) is 0 Å². The van der Waals surface area contributed by atoms with Crippen LogP contribution in [-0.2, 0) is 16.4 Å². The van der Waals surface area contributed by atoms with Gasteiger partial charge in [-0.3, -0.25) is 0 Å². The number of hydrogen-bond acceptors (Lipinski definition) is 4. The standard InChI is InChI=1S/C14H17ClN2O2S2/c1-2-17-21(18,19)13-6-3-11(4-7-13)16-10-9-12-5-8-14(15)20-12/h3-8,16-17H,2,9-10H2,1H3. The van der Waals surface area contributed by atoms with Crippen LogP contribution in [0, 0.1) is 0 Å². The summed E-state index contributed by atoms with van der Waals surface area (Å²) in [6, 6.07) is 10.6. The van der Waals surface area contributed by atoms with Crippen molar-refractivity contribution in [3.63, 3.8) is 0 Å². The average molecular weight is 345 g/mol. The fraction of sp³-hybridized carbons (Fsp3) is 0.286. The topological polar surface area (TPSA) is 58.2 Å². The molecule has 1 aromatic heterocycles. The van der Waals surface area contributed by atoms with Crippen molar-refractivity contribution in [3.8, 4) is 0 Å². The van der Waals surface area contributed by atoms with Crippen LogP contribution in [0.3, 0.4) is 0 Å². The number of sulfonamides is 1. The number of anilines is 1. The van der Waals surface area contributed by atoms with Crippen molar-refractivity contribution in [2.45, 2.75) is 18.2 Å². The molecule has 0 bridgehead atoms. The van der Waals surface area contributed by atoms with Gasteiger partial charge in [0.25, 0.3) is 0 Å². The third-order valence-corrected chi connectivity index (χ3v) is 5.68. The smallest absolute Gasteiger partial charge is 0.240 e. The normalized spacial score (nSPS) is 11.5. The van der Waals surface area contributed by atoms with Crippen molar-refractivity contribution in [1.82, 2.24) is 4.72 Å². The van der Waals surface area contributed by atoms with Crippen molar-refractivity contribution in [3.05, 3.63) is 45.6 Å². The van der Waals surface area contributed by atoms with E-state index in [0.29, 0.717) is 6.54 Å². The van der Waals surface area contributed by atoms with Crippen LogP contribution in [0.1, 0.15) is 11.8 Å². The number of benzene rings is 1. The highest BCUT2D eigenvalue weighted by Gasteiger charge is 2.11. The highest BCUT2D eigenvalue weighted by Crippen LogP contribution is 2.22. The Morgan fingerprint density at radius 3 is 2.43 bits per heavy atom. The van der Waals surface area contributed by atoms with E-state index in [1.54, 1.807) is 42.5 Å². The van der Waals surface area contributed by atoms with Gasteiger partial charge in [0.1, 0.15) is 0 Å². The van der Waals surface area contributed by atoms with E-state index in [1.165, 1.54) is 4.88 Å². The number of thiophene rings is 1. The predicted molar refractivity (Wildman–Crippen MR) is 88.8 cm³/mol. The van der Waals surface area contributed by atoms with E-state index < -0.39 is 10.0 Å². The van der Waals surface area contributed by atoms with Gasteiger partial charge in [0, 0.05) is 23.7 Å². The fourth-order valence-corrected chi connectivity index (χ4v) is 3.97. The maximum Gasteiger partial charge on any atom is 0.240 e. The van der Waals surface area contributed by atoms with Crippen molar-refractivity contribution in [2.75, 3.05) is 18.4 Å². The van der Waals surface area contributed by atoms with E-state index in [0.717, 1.165) is 23.0 Å². The van der Waals surface area contributed by atoms with Crippen LogP contribution >= 0.6 is 22.9 Å². The van der Waals surface area contributed by atoms with Crippen molar-refractivity contribution >= 4 is 38.6 Å². The molecule has 0 aliphatic rings. The maximum absolute atomic E-state index is 11.8. The molecule has 0 unspecified atom stereocenters. The summed E-state index contributed by atoms with van der Waals surface area (Å²) in [5.74, 6) is 0. The zero-order chi connectivity index (χ0) is 15.3. The maximum atomic E-state index is 11.8. The van der Waals surface area contributed by atoms with Gasteiger partial charge < -0.3 is 5.32 Å². The summed E-state index contributed by atoms with van der Waals surface area (Å²) >= 11 is 7.45. The van der Waals surface area contributed by atoms with E-state index in [1.807, 2.05) is 12.1 Å². The van der Waals surface area contributed by atoms with Gasteiger partial charge in [-0.25, -0.2) is 13.1 Å². The van der Waals surface area contributed by atoms with Gasteiger partial charge >= 0.3 is 0 Å². The minimum Gasteiger partial charge on any atom is -0.385 e. The molecule has 0 fully saturated rings. The molecule has 2 aromatic rings. The van der Waals surface area contributed by atoms with Crippen molar-refractivity contribution < 1.29 is 8.42 Å². The molecule has 0 spiro atoms. The Morgan fingerprint density at radius 2 is 1.86 bits per heavy atom. The average Bonchev–Trinajstić information content (AvgIpc) is 2.85. The Kier molecular flexibility index (Phi) is 5.64. The predicted octanol–water partition coefficient (Wildman–Crippen LogP) is 3.35. The summed E-state index contributed by atoms with van der Waals surface area (Å²) in [5, 5.41) is 3.26. The monoisotopic (exact) mass is 344 g/mol. The van der Waals surface area contributed by atoms with Gasteiger partial charge in [-0.2, -0.15) is 0 Å². The summed E-state index contributed by atoms with van der Waals surface area (Å²) < 4.78 is 26.9. The summed E-state index contributed by atoms with van der Waals surface area (Å²) in [5.41, 5.74) is 0.896. The number of rotatable bonds is 7. The van der Waals surface area contributed by atoms with Crippen LogP contribution in [0.25, 0.3) is 0 Å². The zero-order valence-corrected chi connectivity index (χ0v) is 14.0. The number of nitrogens with one attached hydrogen (secondary N) is 2. The highest BCUT2D eigenvalue weighted by molar-refractivity contribution is 7.89. The van der Waals surface area contributed by atoms with Gasteiger partial charge in [-0.05, 0) is 42.8 Å². The molecule has 21 heavy (non-hydrogen) atoms. The molecule has 0 radical (unpaired) electrons. The van der Waals surface area contributed by atoms with Gasteiger partial charge in [0.2, 0.25) is 10.0 Å². The van der Waals surface area contributed by atoms with Gasteiger partial charge in [-0.15, -0.1) is 11.3 Å². The summed E-state index contributed by atoms with van der Waals surface area (Å²) in [7, 11) is -3.38. The lowest BCUT2D eigenvalue weighted by Crippen LogP contribution is -2.23.